The Morgan fingerprint density at radius 2 is 1.66 bits per heavy atom. The zero-order valence-electron chi connectivity index (χ0n) is 20.0. The average Bonchev–Trinajstić information content (AvgIpc) is 2.92. The molecule has 1 aliphatic heterocycles. The van der Waals surface area contributed by atoms with Crippen molar-refractivity contribution in [2.45, 2.75) is 31.1 Å². The zero-order chi connectivity index (χ0) is 24.4. The lowest BCUT2D eigenvalue weighted by Crippen LogP contribution is -2.49. The number of anilines is 1. The Hall–Kier alpha value is -3.36. The van der Waals surface area contributed by atoms with Crippen molar-refractivity contribution in [1.29, 1.82) is 0 Å². The lowest BCUT2D eigenvalue weighted by molar-refractivity contribution is 0.384. The molecule has 0 radical (unpaired) electrons. The van der Waals surface area contributed by atoms with Gasteiger partial charge in [0.1, 0.15) is 5.82 Å². The molecule has 8 heteroatoms. The molecule has 5 rings (SSSR count). The molecule has 0 amide bonds. The van der Waals surface area contributed by atoms with Gasteiger partial charge in [-0.05, 0) is 54.3 Å². The molecule has 0 spiro atoms. The molecule has 4 aromatic rings. The highest BCUT2D eigenvalue weighted by Crippen LogP contribution is 2.29. The van der Waals surface area contributed by atoms with Crippen LogP contribution in [0.3, 0.4) is 0 Å². The Balaban J connectivity index is 1.39. The highest BCUT2D eigenvalue weighted by Gasteiger charge is 2.30. The summed E-state index contributed by atoms with van der Waals surface area (Å²) in [5.74, 6) is 1.85. The first-order valence-corrected chi connectivity index (χ1v) is 13.4. The number of sulfonamides is 1. The van der Waals surface area contributed by atoms with Crippen LogP contribution in [-0.2, 0) is 10.0 Å². The molecule has 0 aliphatic carbocycles. The molecule has 1 fully saturated rings. The third kappa shape index (κ3) is 4.63. The number of para-hydroxylation sites is 1. The van der Waals surface area contributed by atoms with Crippen molar-refractivity contribution in [3.8, 4) is 11.4 Å². The third-order valence-corrected chi connectivity index (χ3v) is 8.65. The van der Waals surface area contributed by atoms with Gasteiger partial charge in [0.2, 0.25) is 10.0 Å². The van der Waals surface area contributed by atoms with Gasteiger partial charge in [0.25, 0.3) is 0 Å². The van der Waals surface area contributed by atoms with E-state index in [1.807, 2.05) is 48.5 Å². The number of nitrogens with zero attached hydrogens (tertiary/aromatic N) is 5. The Morgan fingerprint density at radius 3 is 2.34 bits per heavy atom. The second-order valence-electron chi connectivity index (χ2n) is 8.90. The van der Waals surface area contributed by atoms with E-state index in [1.165, 1.54) is 0 Å². The van der Waals surface area contributed by atoms with Gasteiger partial charge >= 0.3 is 0 Å². The second-order valence-corrected chi connectivity index (χ2v) is 10.8. The van der Waals surface area contributed by atoms with Gasteiger partial charge in [-0.3, -0.25) is 4.98 Å². The van der Waals surface area contributed by atoms with Gasteiger partial charge in [-0.25, -0.2) is 18.4 Å². The summed E-state index contributed by atoms with van der Waals surface area (Å²) in [5.41, 5.74) is 2.87. The zero-order valence-corrected chi connectivity index (χ0v) is 20.8. The predicted molar refractivity (Wildman–Crippen MR) is 139 cm³/mol. The number of hydrogen-bond acceptors (Lipinski definition) is 6. The van der Waals surface area contributed by atoms with Crippen LogP contribution in [0.15, 0.2) is 78.0 Å². The molecule has 1 saturated heterocycles. The number of fused-ring (bicyclic) bond motifs is 1. The summed E-state index contributed by atoms with van der Waals surface area (Å²) in [6.07, 6.45) is 4.50. The second kappa shape index (κ2) is 9.71. The summed E-state index contributed by atoms with van der Waals surface area (Å²) in [6, 6.07) is 19.1. The normalized spacial score (nSPS) is 15.9. The molecule has 2 aromatic heterocycles. The number of piperazine rings is 1. The van der Waals surface area contributed by atoms with Crippen molar-refractivity contribution in [3.05, 3.63) is 78.6 Å². The van der Waals surface area contributed by atoms with Gasteiger partial charge in [0.05, 0.1) is 10.4 Å². The standard InChI is InChI=1S/C27H29N5O2S/c1-3-20(2)21-10-12-23(13-11-21)35(33,34)32-17-15-31(16-18-32)27-24-8-4-5-9-25(24)29-26(30-27)22-7-6-14-28-19-22/h4-14,19-20H,3,15-18H2,1-2H3/t20-/m1/s1. The lowest BCUT2D eigenvalue weighted by atomic mass is 9.99. The van der Waals surface area contributed by atoms with E-state index in [9.17, 15) is 8.42 Å². The molecule has 2 aromatic carbocycles. The topological polar surface area (TPSA) is 79.3 Å². The fraction of sp³-hybridized carbons (Fsp3) is 0.296. The van der Waals surface area contributed by atoms with Crippen molar-refractivity contribution in [1.82, 2.24) is 19.3 Å². The summed E-state index contributed by atoms with van der Waals surface area (Å²) in [6.45, 7) is 6.19. The summed E-state index contributed by atoms with van der Waals surface area (Å²) >= 11 is 0. The SMILES string of the molecule is CC[C@@H](C)c1ccc(S(=O)(=O)N2CCN(c3nc(-c4cccnc4)nc4ccccc34)CC2)cc1. The van der Waals surface area contributed by atoms with Crippen LogP contribution in [0.2, 0.25) is 0 Å². The van der Waals surface area contributed by atoms with E-state index in [0.717, 1.165) is 34.3 Å². The minimum atomic E-state index is -3.54. The van der Waals surface area contributed by atoms with E-state index in [1.54, 1.807) is 28.8 Å². The van der Waals surface area contributed by atoms with E-state index in [2.05, 4.69) is 23.7 Å². The van der Waals surface area contributed by atoms with Gasteiger partial charge in [-0.2, -0.15) is 4.31 Å². The predicted octanol–water partition coefficient (Wildman–Crippen LogP) is 4.72. The van der Waals surface area contributed by atoms with Crippen LogP contribution in [0, 0.1) is 0 Å². The Kier molecular flexibility index (Phi) is 6.49. The number of benzene rings is 2. The summed E-state index contributed by atoms with van der Waals surface area (Å²) in [5, 5.41) is 0.956. The summed E-state index contributed by atoms with van der Waals surface area (Å²) < 4.78 is 28.2. The van der Waals surface area contributed by atoms with E-state index < -0.39 is 10.0 Å². The first-order valence-electron chi connectivity index (χ1n) is 12.0. The number of pyridine rings is 1. The van der Waals surface area contributed by atoms with Crippen molar-refractivity contribution < 1.29 is 8.42 Å². The van der Waals surface area contributed by atoms with Crippen molar-refractivity contribution in [2.75, 3.05) is 31.1 Å². The van der Waals surface area contributed by atoms with Crippen LogP contribution in [-0.4, -0.2) is 53.9 Å². The van der Waals surface area contributed by atoms with Gasteiger partial charge in [0.15, 0.2) is 5.82 Å². The fourth-order valence-electron chi connectivity index (χ4n) is 4.42. The van der Waals surface area contributed by atoms with Crippen LogP contribution in [0.25, 0.3) is 22.3 Å². The molecule has 1 atom stereocenters. The van der Waals surface area contributed by atoms with Crippen LogP contribution in [0.5, 0.6) is 0 Å². The molecular formula is C27H29N5O2S. The van der Waals surface area contributed by atoms with Crippen LogP contribution in [0.4, 0.5) is 5.82 Å². The molecule has 3 heterocycles. The largest absolute Gasteiger partial charge is 0.353 e. The fourth-order valence-corrected chi connectivity index (χ4v) is 5.84. The molecule has 0 N–H and O–H groups in total. The van der Waals surface area contributed by atoms with E-state index >= 15 is 0 Å². The lowest BCUT2D eigenvalue weighted by Gasteiger charge is -2.35. The molecule has 35 heavy (non-hydrogen) atoms. The highest BCUT2D eigenvalue weighted by molar-refractivity contribution is 7.89. The van der Waals surface area contributed by atoms with Gasteiger partial charge in [-0.1, -0.05) is 38.1 Å². The molecule has 0 saturated carbocycles. The molecule has 7 nitrogen and oxygen atoms in total. The molecule has 0 bridgehead atoms. The maximum absolute atomic E-state index is 13.3. The monoisotopic (exact) mass is 487 g/mol. The van der Waals surface area contributed by atoms with E-state index in [4.69, 9.17) is 9.97 Å². The molecule has 0 unspecified atom stereocenters. The maximum Gasteiger partial charge on any atom is 0.243 e. The van der Waals surface area contributed by atoms with Crippen molar-refractivity contribution in [2.24, 2.45) is 0 Å². The van der Waals surface area contributed by atoms with Crippen LogP contribution < -0.4 is 4.90 Å². The van der Waals surface area contributed by atoms with Crippen molar-refractivity contribution in [3.63, 3.8) is 0 Å². The van der Waals surface area contributed by atoms with Crippen LogP contribution in [0.1, 0.15) is 31.7 Å². The maximum atomic E-state index is 13.3. The first kappa shape index (κ1) is 23.4. The van der Waals surface area contributed by atoms with Crippen molar-refractivity contribution >= 4 is 26.7 Å². The summed E-state index contributed by atoms with van der Waals surface area (Å²) in [7, 11) is -3.54. The number of rotatable bonds is 6. The third-order valence-electron chi connectivity index (χ3n) is 6.74. The Labute approximate surface area is 206 Å². The van der Waals surface area contributed by atoms with Gasteiger partial charge in [-0.15, -0.1) is 0 Å². The Morgan fingerprint density at radius 1 is 0.914 bits per heavy atom. The molecular weight excluding hydrogens is 458 g/mol. The van der Waals surface area contributed by atoms with Gasteiger partial charge < -0.3 is 4.90 Å². The van der Waals surface area contributed by atoms with E-state index in [0.29, 0.717) is 42.8 Å². The minimum absolute atomic E-state index is 0.351. The summed E-state index contributed by atoms with van der Waals surface area (Å²) in [4.78, 5) is 16.3. The first-order chi connectivity index (χ1) is 17.0. The number of aromatic nitrogens is 3. The van der Waals surface area contributed by atoms with Crippen LogP contribution >= 0.6 is 0 Å². The smallest absolute Gasteiger partial charge is 0.243 e. The average molecular weight is 488 g/mol. The molecule has 1 aliphatic rings. The highest BCUT2D eigenvalue weighted by atomic mass is 32.2. The number of hydrogen-bond donors (Lipinski definition) is 0. The Bertz CT molecular complexity index is 1420. The minimum Gasteiger partial charge on any atom is -0.353 e. The quantitative estimate of drug-likeness (QED) is 0.392. The van der Waals surface area contributed by atoms with E-state index in [-0.39, 0.29) is 0 Å². The van der Waals surface area contributed by atoms with Gasteiger partial charge in [0, 0.05) is 49.5 Å². The molecule has 180 valence electrons.